The van der Waals surface area contributed by atoms with Crippen molar-refractivity contribution in [3.8, 4) is 22.6 Å². The van der Waals surface area contributed by atoms with Crippen LogP contribution in [0.2, 0.25) is 0 Å². The van der Waals surface area contributed by atoms with Gasteiger partial charge in [0.25, 0.3) is 0 Å². The number of fused-ring (bicyclic) bond motifs is 1. The highest BCUT2D eigenvalue weighted by atomic mass is 16.7. The van der Waals surface area contributed by atoms with Crippen LogP contribution in [-0.4, -0.2) is 19.4 Å². The van der Waals surface area contributed by atoms with Gasteiger partial charge in [0.1, 0.15) is 17.1 Å². The van der Waals surface area contributed by atoms with Crippen LogP contribution in [0.5, 0.6) is 11.5 Å². The van der Waals surface area contributed by atoms with Gasteiger partial charge in [-0.3, -0.25) is 0 Å². The molecule has 0 N–H and O–H groups in total. The number of esters is 1. The first-order valence-corrected chi connectivity index (χ1v) is 9.24. The maximum Gasteiger partial charge on any atom is 0.344 e. The van der Waals surface area contributed by atoms with E-state index < -0.39 is 11.6 Å². The molecule has 154 valence electrons. The highest BCUT2D eigenvalue weighted by Crippen LogP contribution is 2.26. The molecule has 3 rings (SSSR count). The summed E-state index contributed by atoms with van der Waals surface area (Å²) in [5.41, 5.74) is 2.13. The zero-order valence-electron chi connectivity index (χ0n) is 16.9. The monoisotopic (exact) mass is 406 g/mol. The predicted molar refractivity (Wildman–Crippen MR) is 115 cm³/mol. The molecule has 1 aromatic heterocycles. The highest BCUT2D eigenvalue weighted by molar-refractivity contribution is 5.90. The third kappa shape index (κ3) is 5.24. The first kappa shape index (κ1) is 21.1. The summed E-state index contributed by atoms with van der Waals surface area (Å²) in [7, 11) is 0. The zero-order valence-corrected chi connectivity index (χ0v) is 16.9. The molecule has 1 heterocycles. The van der Waals surface area contributed by atoms with E-state index >= 15 is 0 Å². The Morgan fingerprint density at radius 1 is 1.00 bits per heavy atom. The Labute approximate surface area is 174 Å². The summed E-state index contributed by atoms with van der Waals surface area (Å²) in [5, 5.41) is 0.702. The van der Waals surface area contributed by atoms with Crippen LogP contribution in [0.4, 0.5) is 0 Å². The highest BCUT2D eigenvalue weighted by Gasteiger charge is 2.11. The fourth-order valence-corrected chi connectivity index (χ4v) is 2.61. The number of carbonyl (C=O) groups is 1. The fourth-order valence-electron chi connectivity index (χ4n) is 2.61. The molecule has 6 nitrogen and oxygen atoms in total. The van der Waals surface area contributed by atoms with Crippen LogP contribution in [0, 0.1) is 0 Å². The maximum absolute atomic E-state index is 12.5. The summed E-state index contributed by atoms with van der Waals surface area (Å²) < 4.78 is 21.4. The molecule has 0 radical (unpaired) electrons. The molecule has 3 aromatic rings. The fraction of sp³-hybridized carbons (Fsp3) is 0.167. The van der Waals surface area contributed by atoms with E-state index in [-0.39, 0.29) is 18.1 Å². The lowest BCUT2D eigenvalue weighted by Crippen LogP contribution is -2.08. The number of hydrogen-bond donors (Lipinski definition) is 0. The Balaban J connectivity index is 1.78. The normalized spacial score (nSPS) is 10.6. The third-order valence-electron chi connectivity index (χ3n) is 4.09. The Morgan fingerprint density at radius 2 is 1.70 bits per heavy atom. The lowest BCUT2D eigenvalue weighted by Gasteiger charge is -2.08. The minimum atomic E-state index is -0.541. The molecular formula is C24H22O6. The van der Waals surface area contributed by atoms with Crippen molar-refractivity contribution < 1.29 is 23.4 Å². The van der Waals surface area contributed by atoms with Crippen molar-refractivity contribution in [1.29, 1.82) is 0 Å². The van der Waals surface area contributed by atoms with Gasteiger partial charge in [0.2, 0.25) is 0 Å². The first-order chi connectivity index (χ1) is 14.3. The molecule has 6 heteroatoms. The summed E-state index contributed by atoms with van der Waals surface area (Å²) in [6.45, 7) is 11.3. The molecule has 0 atom stereocenters. The molecule has 0 amide bonds. The van der Waals surface area contributed by atoms with Gasteiger partial charge in [0.15, 0.2) is 6.79 Å². The van der Waals surface area contributed by atoms with Crippen molar-refractivity contribution in [3.05, 3.63) is 83.3 Å². The van der Waals surface area contributed by atoms with Gasteiger partial charge in [0, 0.05) is 17.0 Å². The largest absolute Gasteiger partial charge is 0.468 e. The Kier molecular flexibility index (Phi) is 6.49. The van der Waals surface area contributed by atoms with E-state index in [9.17, 15) is 9.59 Å². The molecule has 30 heavy (non-hydrogen) atoms. The van der Waals surface area contributed by atoms with E-state index in [0.717, 1.165) is 5.57 Å². The van der Waals surface area contributed by atoms with Crippen LogP contribution in [0.15, 0.2) is 82.0 Å². The molecule has 0 bridgehead atoms. The van der Waals surface area contributed by atoms with Crippen LogP contribution in [0.3, 0.4) is 0 Å². The molecule has 0 saturated carbocycles. The SMILES string of the molecule is C=C(C)COCOc1ccc(-c2cc3ccc(OC(=O)C(=C)C)cc3oc2=O)cc1. The summed E-state index contributed by atoms with van der Waals surface area (Å²) >= 11 is 0. The van der Waals surface area contributed by atoms with Crippen molar-refractivity contribution in [1.82, 2.24) is 0 Å². The minimum Gasteiger partial charge on any atom is -0.468 e. The van der Waals surface area contributed by atoms with E-state index in [1.807, 2.05) is 6.92 Å². The average Bonchev–Trinajstić information content (AvgIpc) is 2.71. The smallest absolute Gasteiger partial charge is 0.344 e. The Bertz CT molecular complexity index is 1150. The molecule has 0 saturated heterocycles. The van der Waals surface area contributed by atoms with Crippen molar-refractivity contribution in [2.75, 3.05) is 13.4 Å². The number of benzene rings is 2. The van der Waals surface area contributed by atoms with Crippen LogP contribution in [0.25, 0.3) is 22.1 Å². The van der Waals surface area contributed by atoms with Crippen molar-refractivity contribution >= 4 is 16.9 Å². The lowest BCUT2D eigenvalue weighted by atomic mass is 10.1. The van der Waals surface area contributed by atoms with Crippen molar-refractivity contribution in [3.63, 3.8) is 0 Å². The third-order valence-corrected chi connectivity index (χ3v) is 4.09. The molecule has 0 aliphatic carbocycles. The van der Waals surface area contributed by atoms with Gasteiger partial charge in [-0.2, -0.15) is 0 Å². The van der Waals surface area contributed by atoms with Crippen LogP contribution >= 0.6 is 0 Å². The lowest BCUT2D eigenvalue weighted by molar-refractivity contribution is -0.130. The Hall–Kier alpha value is -3.64. The molecular weight excluding hydrogens is 384 g/mol. The second kappa shape index (κ2) is 9.24. The Morgan fingerprint density at radius 3 is 2.37 bits per heavy atom. The van der Waals surface area contributed by atoms with E-state index in [1.54, 1.807) is 49.4 Å². The van der Waals surface area contributed by atoms with Crippen LogP contribution in [0.1, 0.15) is 13.8 Å². The van der Waals surface area contributed by atoms with Crippen molar-refractivity contribution in [2.45, 2.75) is 13.8 Å². The second-order valence-corrected chi connectivity index (χ2v) is 6.91. The van der Waals surface area contributed by atoms with Gasteiger partial charge in [0.05, 0.1) is 12.2 Å². The van der Waals surface area contributed by atoms with E-state index in [2.05, 4.69) is 13.2 Å². The topological polar surface area (TPSA) is 75.0 Å². The van der Waals surface area contributed by atoms with E-state index in [0.29, 0.717) is 34.5 Å². The number of hydrogen-bond acceptors (Lipinski definition) is 6. The van der Waals surface area contributed by atoms with Crippen LogP contribution in [-0.2, 0) is 9.53 Å². The minimum absolute atomic E-state index is 0.114. The van der Waals surface area contributed by atoms with Gasteiger partial charge in [-0.15, -0.1) is 0 Å². The number of ether oxygens (including phenoxy) is 3. The van der Waals surface area contributed by atoms with Crippen molar-refractivity contribution in [2.24, 2.45) is 0 Å². The van der Waals surface area contributed by atoms with E-state index in [4.69, 9.17) is 18.6 Å². The van der Waals surface area contributed by atoms with Gasteiger partial charge >= 0.3 is 11.6 Å². The quantitative estimate of drug-likeness (QED) is 0.101. The van der Waals surface area contributed by atoms with Crippen LogP contribution < -0.4 is 15.1 Å². The maximum atomic E-state index is 12.5. The van der Waals surface area contributed by atoms with Gasteiger partial charge in [-0.25, -0.2) is 9.59 Å². The molecule has 0 spiro atoms. The standard InChI is InChI=1S/C24H22O6/c1-15(2)13-27-14-28-19-8-5-17(6-9-19)21-11-18-7-10-20(29-23(25)16(3)4)12-22(18)30-24(21)26/h5-12H,1,3,13-14H2,2,4H3. The summed E-state index contributed by atoms with van der Waals surface area (Å²) in [5.74, 6) is 0.358. The van der Waals surface area contributed by atoms with Gasteiger partial charge in [-0.05, 0) is 49.7 Å². The molecule has 2 aromatic carbocycles. The number of rotatable bonds is 8. The summed E-state index contributed by atoms with van der Waals surface area (Å²) in [4.78, 5) is 24.1. The van der Waals surface area contributed by atoms with E-state index in [1.165, 1.54) is 6.07 Å². The average molecular weight is 406 g/mol. The molecule has 0 aliphatic rings. The number of carbonyl (C=O) groups excluding carboxylic acids is 1. The van der Waals surface area contributed by atoms with Gasteiger partial charge < -0.3 is 18.6 Å². The van der Waals surface area contributed by atoms with Gasteiger partial charge in [-0.1, -0.05) is 30.9 Å². The first-order valence-electron chi connectivity index (χ1n) is 9.24. The summed E-state index contributed by atoms with van der Waals surface area (Å²) in [6, 6.07) is 13.6. The molecule has 0 fully saturated rings. The summed E-state index contributed by atoms with van der Waals surface area (Å²) in [6.07, 6.45) is 0. The zero-order chi connectivity index (χ0) is 21.7. The second-order valence-electron chi connectivity index (χ2n) is 6.91. The molecule has 0 aliphatic heterocycles. The molecule has 0 unspecified atom stereocenters. The predicted octanol–water partition coefficient (Wildman–Crippen LogP) is 4.87.